The summed E-state index contributed by atoms with van der Waals surface area (Å²) in [5, 5.41) is 0. The molecule has 1 saturated heterocycles. The molecule has 2 aromatic rings. The predicted octanol–water partition coefficient (Wildman–Crippen LogP) is 3.21. The maximum Gasteiger partial charge on any atom is 0.227 e. The predicted molar refractivity (Wildman–Crippen MR) is 84.3 cm³/mol. The Morgan fingerprint density at radius 1 is 1.13 bits per heavy atom. The van der Waals surface area contributed by atoms with Gasteiger partial charge in [-0.05, 0) is 42.8 Å². The number of carbonyl (C=O) groups is 2. The Morgan fingerprint density at radius 2 is 1.87 bits per heavy atom. The van der Waals surface area contributed by atoms with E-state index >= 15 is 0 Å². The molecule has 23 heavy (non-hydrogen) atoms. The lowest BCUT2D eigenvalue weighted by Gasteiger charge is -2.15. The molecule has 1 amide bonds. The number of ether oxygens (including phenoxy) is 1. The highest BCUT2D eigenvalue weighted by Crippen LogP contribution is 2.22. The molecule has 0 spiro atoms. The maximum absolute atomic E-state index is 13.4. The largest absolute Gasteiger partial charge is 0.482 e. The molecule has 0 bridgehead atoms. The number of benzene rings is 2. The molecule has 5 heteroatoms. The zero-order chi connectivity index (χ0) is 16.2. The first-order chi connectivity index (χ1) is 11.1. The van der Waals surface area contributed by atoms with Crippen LogP contribution in [0, 0.1) is 5.82 Å². The number of amides is 1. The summed E-state index contributed by atoms with van der Waals surface area (Å²) in [6, 6.07) is 12.8. The molecule has 0 unspecified atom stereocenters. The van der Waals surface area contributed by atoms with E-state index in [4.69, 9.17) is 4.74 Å². The van der Waals surface area contributed by atoms with Crippen molar-refractivity contribution < 1.29 is 18.7 Å². The van der Waals surface area contributed by atoms with Gasteiger partial charge >= 0.3 is 0 Å². The van der Waals surface area contributed by atoms with E-state index < -0.39 is 5.82 Å². The SMILES string of the molecule is O=C(COc1ccccc1F)c1ccc(N2CCCC2=O)cc1. The van der Waals surface area contributed by atoms with Gasteiger partial charge < -0.3 is 9.64 Å². The number of nitrogens with zero attached hydrogens (tertiary/aromatic N) is 1. The molecule has 4 nitrogen and oxygen atoms in total. The zero-order valence-electron chi connectivity index (χ0n) is 12.5. The molecule has 1 fully saturated rings. The van der Waals surface area contributed by atoms with Crippen LogP contribution in [0.1, 0.15) is 23.2 Å². The summed E-state index contributed by atoms with van der Waals surface area (Å²) < 4.78 is 18.6. The number of hydrogen-bond acceptors (Lipinski definition) is 3. The molecule has 2 aromatic carbocycles. The van der Waals surface area contributed by atoms with Crippen LogP contribution in [0.15, 0.2) is 48.5 Å². The molecule has 0 saturated carbocycles. The lowest BCUT2D eigenvalue weighted by Crippen LogP contribution is -2.23. The second-order valence-corrected chi connectivity index (χ2v) is 5.34. The van der Waals surface area contributed by atoms with E-state index in [-0.39, 0.29) is 24.0 Å². The molecular formula is C18H16FNO3. The summed E-state index contributed by atoms with van der Waals surface area (Å²) in [5.74, 6) is -0.581. The summed E-state index contributed by atoms with van der Waals surface area (Å²) in [5.41, 5.74) is 1.26. The second-order valence-electron chi connectivity index (χ2n) is 5.34. The first-order valence-electron chi connectivity index (χ1n) is 7.46. The van der Waals surface area contributed by atoms with Crippen LogP contribution in [0.3, 0.4) is 0 Å². The number of rotatable bonds is 5. The van der Waals surface area contributed by atoms with E-state index in [0.717, 1.165) is 12.1 Å². The lowest BCUT2D eigenvalue weighted by atomic mass is 10.1. The van der Waals surface area contributed by atoms with Crippen LogP contribution in [0.2, 0.25) is 0 Å². The first kappa shape index (κ1) is 15.2. The van der Waals surface area contributed by atoms with Crippen LogP contribution in [-0.2, 0) is 4.79 Å². The number of anilines is 1. The molecule has 0 N–H and O–H groups in total. The number of hydrogen-bond donors (Lipinski definition) is 0. The molecule has 3 rings (SSSR count). The third-order valence-corrected chi connectivity index (χ3v) is 3.77. The van der Waals surface area contributed by atoms with Crippen molar-refractivity contribution in [2.75, 3.05) is 18.1 Å². The minimum Gasteiger partial charge on any atom is -0.482 e. The van der Waals surface area contributed by atoms with Gasteiger partial charge in [-0.1, -0.05) is 12.1 Å². The van der Waals surface area contributed by atoms with Gasteiger partial charge in [0.2, 0.25) is 5.91 Å². The maximum atomic E-state index is 13.4. The van der Waals surface area contributed by atoms with E-state index in [1.54, 1.807) is 41.3 Å². The Labute approximate surface area is 133 Å². The fraction of sp³-hybridized carbons (Fsp3) is 0.222. The molecule has 0 aliphatic carbocycles. The Bertz CT molecular complexity index is 727. The smallest absolute Gasteiger partial charge is 0.227 e. The number of ketones is 1. The van der Waals surface area contributed by atoms with E-state index in [0.29, 0.717) is 18.5 Å². The highest BCUT2D eigenvalue weighted by molar-refractivity contribution is 5.99. The zero-order valence-corrected chi connectivity index (χ0v) is 12.5. The van der Waals surface area contributed by atoms with Crippen molar-refractivity contribution in [2.24, 2.45) is 0 Å². The molecule has 1 heterocycles. The summed E-state index contributed by atoms with van der Waals surface area (Å²) in [6.45, 7) is 0.478. The van der Waals surface area contributed by atoms with E-state index in [9.17, 15) is 14.0 Å². The molecule has 118 valence electrons. The molecule has 0 radical (unpaired) electrons. The highest BCUT2D eigenvalue weighted by atomic mass is 19.1. The van der Waals surface area contributed by atoms with Gasteiger partial charge in [0.1, 0.15) is 0 Å². The van der Waals surface area contributed by atoms with E-state index in [1.165, 1.54) is 12.1 Å². The van der Waals surface area contributed by atoms with Crippen LogP contribution in [0.4, 0.5) is 10.1 Å². The van der Waals surface area contributed by atoms with Crippen molar-refractivity contribution in [2.45, 2.75) is 12.8 Å². The van der Waals surface area contributed by atoms with Crippen LogP contribution in [0.25, 0.3) is 0 Å². The normalized spacial score (nSPS) is 14.1. The Morgan fingerprint density at radius 3 is 2.52 bits per heavy atom. The van der Waals surface area contributed by atoms with Gasteiger partial charge in [0, 0.05) is 24.2 Å². The van der Waals surface area contributed by atoms with Crippen LogP contribution >= 0.6 is 0 Å². The van der Waals surface area contributed by atoms with Crippen molar-refractivity contribution in [1.82, 2.24) is 0 Å². The van der Waals surface area contributed by atoms with Crippen LogP contribution < -0.4 is 9.64 Å². The topological polar surface area (TPSA) is 46.6 Å². The molecule has 0 aromatic heterocycles. The van der Waals surface area contributed by atoms with Crippen LogP contribution in [-0.4, -0.2) is 24.8 Å². The van der Waals surface area contributed by atoms with Gasteiger partial charge in [0.05, 0.1) is 0 Å². The Balaban J connectivity index is 1.64. The van der Waals surface area contributed by atoms with Gasteiger partial charge in [-0.15, -0.1) is 0 Å². The molecule has 0 atom stereocenters. The Kier molecular flexibility index (Phi) is 4.37. The van der Waals surface area contributed by atoms with Crippen molar-refractivity contribution >= 4 is 17.4 Å². The average Bonchev–Trinajstić information content (AvgIpc) is 3.00. The summed E-state index contributed by atoms with van der Waals surface area (Å²) >= 11 is 0. The van der Waals surface area contributed by atoms with E-state index in [1.807, 2.05) is 0 Å². The quantitative estimate of drug-likeness (QED) is 0.796. The number of para-hydroxylation sites is 1. The Hall–Kier alpha value is -2.69. The second kappa shape index (κ2) is 6.60. The summed E-state index contributed by atoms with van der Waals surface area (Å²) in [6.07, 6.45) is 1.42. The van der Waals surface area contributed by atoms with Gasteiger partial charge in [-0.3, -0.25) is 9.59 Å². The fourth-order valence-corrected chi connectivity index (χ4v) is 2.54. The van der Waals surface area contributed by atoms with Gasteiger partial charge in [-0.25, -0.2) is 4.39 Å². The van der Waals surface area contributed by atoms with Gasteiger partial charge in [0.25, 0.3) is 0 Å². The number of Topliss-reactive ketones (excluding diaryl/α,β-unsaturated/α-hetero) is 1. The first-order valence-corrected chi connectivity index (χ1v) is 7.46. The van der Waals surface area contributed by atoms with E-state index in [2.05, 4.69) is 0 Å². The number of carbonyl (C=O) groups excluding carboxylic acids is 2. The lowest BCUT2D eigenvalue weighted by molar-refractivity contribution is -0.117. The molecule has 1 aliphatic rings. The van der Waals surface area contributed by atoms with Gasteiger partial charge in [-0.2, -0.15) is 0 Å². The monoisotopic (exact) mass is 313 g/mol. The summed E-state index contributed by atoms with van der Waals surface area (Å²) in [7, 11) is 0. The molecule has 1 aliphatic heterocycles. The van der Waals surface area contributed by atoms with Crippen molar-refractivity contribution in [3.05, 3.63) is 59.9 Å². The van der Waals surface area contributed by atoms with Crippen LogP contribution in [0.5, 0.6) is 5.75 Å². The molecular weight excluding hydrogens is 297 g/mol. The minimum atomic E-state index is -0.497. The standard InChI is InChI=1S/C18H16FNO3/c19-15-4-1-2-5-17(15)23-12-16(21)13-7-9-14(10-8-13)20-11-3-6-18(20)22/h1-2,4-5,7-10H,3,6,11-12H2. The van der Waals surface area contributed by atoms with Gasteiger partial charge in [0.15, 0.2) is 24.0 Å². The minimum absolute atomic E-state index is 0.0557. The third kappa shape index (κ3) is 3.39. The summed E-state index contributed by atoms with van der Waals surface area (Å²) in [4.78, 5) is 25.5. The highest BCUT2D eigenvalue weighted by Gasteiger charge is 2.21. The average molecular weight is 313 g/mol. The number of halogens is 1. The van der Waals surface area contributed by atoms with Crippen molar-refractivity contribution in [3.8, 4) is 5.75 Å². The fourth-order valence-electron chi connectivity index (χ4n) is 2.54. The third-order valence-electron chi connectivity index (χ3n) is 3.77. The van der Waals surface area contributed by atoms with Crippen molar-refractivity contribution in [1.29, 1.82) is 0 Å². The van der Waals surface area contributed by atoms with Crippen molar-refractivity contribution in [3.63, 3.8) is 0 Å².